The van der Waals surface area contributed by atoms with Crippen LogP contribution in [0.5, 0.6) is 0 Å². The molecule has 2 aromatic rings. The Morgan fingerprint density at radius 2 is 1.94 bits per heavy atom. The first-order valence-corrected chi connectivity index (χ1v) is 5.16. The highest BCUT2D eigenvalue weighted by Crippen LogP contribution is 2.25. The van der Waals surface area contributed by atoms with Gasteiger partial charge < -0.3 is 10.0 Å². The number of hydrogen-bond donors (Lipinski definition) is 1. The van der Waals surface area contributed by atoms with Crippen molar-refractivity contribution in [1.29, 1.82) is 0 Å². The molecular weight excluding hydrogens is 216 g/mol. The smallest absolute Gasteiger partial charge is 0.339 e. The fraction of sp³-hybridized carbons (Fsp3) is 0.0769. The second-order valence-corrected chi connectivity index (χ2v) is 3.59. The Kier molecular flexibility index (Phi) is 3.05. The summed E-state index contributed by atoms with van der Waals surface area (Å²) >= 11 is 0. The summed E-state index contributed by atoms with van der Waals surface area (Å²) in [6.45, 7) is 0. The molecule has 0 fully saturated rings. The molecule has 1 aromatic heterocycles. The van der Waals surface area contributed by atoms with Crippen LogP contribution in [0.25, 0.3) is 0 Å². The van der Waals surface area contributed by atoms with E-state index in [9.17, 15) is 4.79 Å². The van der Waals surface area contributed by atoms with E-state index >= 15 is 0 Å². The van der Waals surface area contributed by atoms with Crippen LogP contribution < -0.4 is 4.90 Å². The molecule has 0 aliphatic rings. The van der Waals surface area contributed by atoms with Crippen molar-refractivity contribution in [3.63, 3.8) is 0 Å². The number of carbonyl (C=O) groups is 1. The van der Waals surface area contributed by atoms with Gasteiger partial charge in [-0.1, -0.05) is 18.2 Å². The van der Waals surface area contributed by atoms with E-state index in [2.05, 4.69) is 4.98 Å². The highest BCUT2D eigenvalue weighted by atomic mass is 16.4. The molecule has 17 heavy (non-hydrogen) atoms. The third-order valence-corrected chi connectivity index (χ3v) is 2.53. The predicted octanol–water partition coefficient (Wildman–Crippen LogP) is 2.55. The van der Waals surface area contributed by atoms with Crippen molar-refractivity contribution in [3.05, 3.63) is 54.4 Å². The maximum absolute atomic E-state index is 11.1. The van der Waals surface area contributed by atoms with Crippen LogP contribution in [0.4, 0.5) is 11.4 Å². The molecule has 0 spiro atoms. The molecule has 2 rings (SSSR count). The fourth-order valence-electron chi connectivity index (χ4n) is 1.64. The van der Waals surface area contributed by atoms with E-state index in [1.807, 2.05) is 42.3 Å². The van der Waals surface area contributed by atoms with Gasteiger partial charge in [0.25, 0.3) is 0 Å². The quantitative estimate of drug-likeness (QED) is 0.877. The van der Waals surface area contributed by atoms with Crippen molar-refractivity contribution < 1.29 is 9.90 Å². The van der Waals surface area contributed by atoms with E-state index in [0.29, 0.717) is 5.69 Å². The SMILES string of the molecule is CN(c1ccccc1)c1ccncc1C(=O)O. The van der Waals surface area contributed by atoms with Gasteiger partial charge in [-0.2, -0.15) is 0 Å². The minimum Gasteiger partial charge on any atom is -0.478 e. The summed E-state index contributed by atoms with van der Waals surface area (Å²) in [5, 5.41) is 9.09. The molecule has 0 bridgehead atoms. The summed E-state index contributed by atoms with van der Waals surface area (Å²) in [5.41, 5.74) is 1.75. The number of aromatic nitrogens is 1. The molecule has 1 heterocycles. The molecule has 0 saturated heterocycles. The van der Waals surface area contributed by atoms with Crippen LogP contribution in [0.15, 0.2) is 48.8 Å². The molecule has 1 aromatic carbocycles. The number of benzene rings is 1. The molecule has 4 heteroatoms. The molecule has 0 unspecified atom stereocenters. The van der Waals surface area contributed by atoms with Gasteiger partial charge in [0.1, 0.15) is 5.56 Å². The summed E-state index contributed by atoms with van der Waals surface area (Å²) in [7, 11) is 1.83. The summed E-state index contributed by atoms with van der Waals surface area (Å²) in [6.07, 6.45) is 2.94. The molecule has 0 atom stereocenters. The summed E-state index contributed by atoms with van der Waals surface area (Å²) in [6, 6.07) is 11.3. The molecule has 4 nitrogen and oxygen atoms in total. The number of aromatic carboxylic acids is 1. The van der Waals surface area contributed by atoms with Crippen molar-refractivity contribution in [2.24, 2.45) is 0 Å². The van der Waals surface area contributed by atoms with Gasteiger partial charge in [0.15, 0.2) is 0 Å². The van der Waals surface area contributed by atoms with Crippen molar-refractivity contribution in [2.45, 2.75) is 0 Å². The monoisotopic (exact) mass is 228 g/mol. The number of carboxylic acid groups (broad SMARTS) is 1. The van der Waals surface area contributed by atoms with Crippen LogP contribution in [-0.4, -0.2) is 23.1 Å². The average molecular weight is 228 g/mol. The fourth-order valence-corrected chi connectivity index (χ4v) is 1.64. The van der Waals surface area contributed by atoms with Crippen LogP contribution in [0.2, 0.25) is 0 Å². The van der Waals surface area contributed by atoms with Gasteiger partial charge in [0, 0.05) is 25.1 Å². The van der Waals surface area contributed by atoms with Crippen molar-refractivity contribution in [3.8, 4) is 0 Å². The number of carboxylic acids is 1. The number of nitrogens with zero attached hydrogens (tertiary/aromatic N) is 2. The first-order chi connectivity index (χ1) is 8.20. The zero-order valence-corrected chi connectivity index (χ0v) is 9.37. The molecule has 0 radical (unpaired) electrons. The Balaban J connectivity index is 2.44. The summed E-state index contributed by atoms with van der Waals surface area (Å²) in [5.74, 6) is -0.976. The van der Waals surface area contributed by atoms with Crippen molar-refractivity contribution in [1.82, 2.24) is 4.98 Å². The van der Waals surface area contributed by atoms with Crippen LogP contribution in [-0.2, 0) is 0 Å². The maximum Gasteiger partial charge on any atom is 0.339 e. The third-order valence-electron chi connectivity index (χ3n) is 2.53. The second-order valence-electron chi connectivity index (χ2n) is 3.59. The first-order valence-electron chi connectivity index (χ1n) is 5.16. The van der Waals surface area contributed by atoms with E-state index in [1.165, 1.54) is 6.20 Å². The van der Waals surface area contributed by atoms with Gasteiger partial charge in [-0.05, 0) is 18.2 Å². The Labute approximate surface area is 99.2 Å². The minimum atomic E-state index is -0.976. The molecular formula is C13H12N2O2. The van der Waals surface area contributed by atoms with Crippen LogP contribution in [0.3, 0.4) is 0 Å². The Morgan fingerprint density at radius 3 is 2.59 bits per heavy atom. The highest BCUT2D eigenvalue weighted by molar-refractivity contribution is 5.95. The molecule has 0 aliphatic heterocycles. The predicted molar refractivity (Wildman–Crippen MR) is 65.7 cm³/mol. The lowest BCUT2D eigenvalue weighted by atomic mass is 10.2. The van der Waals surface area contributed by atoms with Crippen LogP contribution in [0.1, 0.15) is 10.4 Å². The first kappa shape index (κ1) is 11.1. The lowest BCUT2D eigenvalue weighted by Gasteiger charge is -2.20. The normalized spacial score (nSPS) is 9.94. The van der Waals surface area contributed by atoms with E-state index in [1.54, 1.807) is 12.3 Å². The number of para-hydroxylation sites is 1. The van der Waals surface area contributed by atoms with Gasteiger partial charge in [-0.25, -0.2) is 4.79 Å². The van der Waals surface area contributed by atoms with Gasteiger partial charge in [0.05, 0.1) is 5.69 Å². The highest BCUT2D eigenvalue weighted by Gasteiger charge is 2.13. The number of pyridine rings is 1. The van der Waals surface area contributed by atoms with Gasteiger partial charge in [0.2, 0.25) is 0 Å². The number of rotatable bonds is 3. The minimum absolute atomic E-state index is 0.193. The third kappa shape index (κ3) is 2.25. The van der Waals surface area contributed by atoms with Crippen LogP contribution in [0, 0.1) is 0 Å². The molecule has 0 saturated carbocycles. The Hall–Kier alpha value is -2.36. The van der Waals surface area contributed by atoms with Crippen molar-refractivity contribution >= 4 is 17.3 Å². The van der Waals surface area contributed by atoms with Gasteiger partial charge in [-0.3, -0.25) is 4.98 Å². The zero-order valence-electron chi connectivity index (χ0n) is 9.37. The van der Waals surface area contributed by atoms with Crippen molar-refractivity contribution in [2.75, 3.05) is 11.9 Å². The number of hydrogen-bond acceptors (Lipinski definition) is 3. The van der Waals surface area contributed by atoms with E-state index in [4.69, 9.17) is 5.11 Å². The zero-order chi connectivity index (χ0) is 12.3. The molecule has 0 amide bonds. The average Bonchev–Trinajstić information content (AvgIpc) is 2.39. The molecule has 86 valence electrons. The Bertz CT molecular complexity index is 526. The maximum atomic E-state index is 11.1. The van der Waals surface area contributed by atoms with E-state index in [-0.39, 0.29) is 5.56 Å². The Morgan fingerprint density at radius 1 is 1.24 bits per heavy atom. The standard InChI is InChI=1S/C13H12N2O2/c1-15(10-5-3-2-4-6-10)12-7-8-14-9-11(12)13(16)17/h2-9H,1H3,(H,16,17). The lowest BCUT2D eigenvalue weighted by Crippen LogP contribution is -2.14. The second kappa shape index (κ2) is 4.65. The van der Waals surface area contributed by atoms with Crippen LogP contribution >= 0.6 is 0 Å². The van der Waals surface area contributed by atoms with Gasteiger partial charge >= 0.3 is 5.97 Å². The molecule has 0 aliphatic carbocycles. The van der Waals surface area contributed by atoms with E-state index < -0.39 is 5.97 Å². The molecule has 1 N–H and O–H groups in total. The summed E-state index contributed by atoms with van der Waals surface area (Å²) < 4.78 is 0. The summed E-state index contributed by atoms with van der Waals surface area (Å²) in [4.78, 5) is 16.8. The topological polar surface area (TPSA) is 53.4 Å². The lowest BCUT2D eigenvalue weighted by molar-refractivity contribution is 0.0697. The van der Waals surface area contributed by atoms with Gasteiger partial charge in [-0.15, -0.1) is 0 Å². The largest absolute Gasteiger partial charge is 0.478 e. The van der Waals surface area contributed by atoms with E-state index in [0.717, 1.165) is 5.69 Å². The number of anilines is 2.